The SMILES string of the molecule is O=C(C=Cc1cccs1)Nc1nnc(-c2ccc(F)cc2F)o1. The molecule has 0 aliphatic carbocycles. The van der Waals surface area contributed by atoms with Crippen molar-refractivity contribution in [3.8, 4) is 11.5 Å². The van der Waals surface area contributed by atoms with Gasteiger partial charge in [0, 0.05) is 17.0 Å². The van der Waals surface area contributed by atoms with Gasteiger partial charge >= 0.3 is 6.01 Å². The summed E-state index contributed by atoms with van der Waals surface area (Å²) in [5.74, 6) is -2.16. The van der Waals surface area contributed by atoms with E-state index < -0.39 is 17.5 Å². The molecular weight excluding hydrogens is 324 g/mol. The number of anilines is 1. The molecule has 0 bridgehead atoms. The Hall–Kier alpha value is -2.87. The van der Waals surface area contributed by atoms with Gasteiger partial charge in [0.25, 0.3) is 11.8 Å². The Labute approximate surface area is 133 Å². The van der Waals surface area contributed by atoms with Gasteiger partial charge in [-0.1, -0.05) is 11.2 Å². The van der Waals surface area contributed by atoms with Crippen molar-refractivity contribution in [1.29, 1.82) is 0 Å². The molecule has 0 radical (unpaired) electrons. The fraction of sp³-hybridized carbons (Fsp3) is 0. The Bertz CT molecular complexity index is 859. The number of benzene rings is 1. The second-order valence-electron chi connectivity index (χ2n) is 4.37. The molecule has 0 aliphatic heterocycles. The Balaban J connectivity index is 1.71. The number of amides is 1. The van der Waals surface area contributed by atoms with Crippen LogP contribution >= 0.6 is 11.3 Å². The predicted molar refractivity (Wildman–Crippen MR) is 81.6 cm³/mol. The van der Waals surface area contributed by atoms with Crippen molar-refractivity contribution in [3.05, 3.63) is 58.3 Å². The summed E-state index contributed by atoms with van der Waals surface area (Å²) in [5, 5.41) is 11.5. The molecule has 8 heteroatoms. The summed E-state index contributed by atoms with van der Waals surface area (Å²) < 4.78 is 31.6. The third kappa shape index (κ3) is 3.67. The van der Waals surface area contributed by atoms with E-state index >= 15 is 0 Å². The van der Waals surface area contributed by atoms with Crippen molar-refractivity contribution in [2.75, 3.05) is 5.32 Å². The van der Waals surface area contributed by atoms with Crippen LogP contribution in [0.15, 0.2) is 46.2 Å². The van der Waals surface area contributed by atoms with Crippen LogP contribution in [0.1, 0.15) is 4.88 Å². The molecule has 0 saturated heterocycles. The highest BCUT2D eigenvalue weighted by Crippen LogP contribution is 2.23. The van der Waals surface area contributed by atoms with Gasteiger partial charge in [-0.25, -0.2) is 8.78 Å². The summed E-state index contributed by atoms with van der Waals surface area (Å²) in [4.78, 5) is 12.6. The molecule has 0 spiro atoms. The average Bonchev–Trinajstić information content (AvgIpc) is 3.17. The lowest BCUT2D eigenvalue weighted by atomic mass is 10.2. The van der Waals surface area contributed by atoms with Crippen LogP contribution in [0, 0.1) is 11.6 Å². The molecule has 0 fully saturated rings. The van der Waals surface area contributed by atoms with Crippen LogP contribution in [0.5, 0.6) is 0 Å². The number of nitrogens with one attached hydrogen (secondary N) is 1. The first-order valence-corrected chi connectivity index (χ1v) is 7.31. The van der Waals surface area contributed by atoms with Crippen molar-refractivity contribution < 1.29 is 18.0 Å². The van der Waals surface area contributed by atoms with Gasteiger partial charge in [-0.15, -0.1) is 16.4 Å². The first-order valence-electron chi connectivity index (χ1n) is 6.43. The zero-order valence-corrected chi connectivity index (χ0v) is 12.3. The fourth-order valence-electron chi connectivity index (χ4n) is 1.74. The average molecular weight is 333 g/mol. The lowest BCUT2D eigenvalue weighted by Gasteiger charge is -1.97. The highest BCUT2D eigenvalue weighted by Gasteiger charge is 2.14. The first-order chi connectivity index (χ1) is 11.1. The summed E-state index contributed by atoms with van der Waals surface area (Å²) in [7, 11) is 0. The van der Waals surface area contributed by atoms with Gasteiger partial charge in [-0.2, -0.15) is 0 Å². The van der Waals surface area contributed by atoms with Gasteiger partial charge in [0.1, 0.15) is 11.6 Å². The number of carbonyl (C=O) groups excluding carboxylic acids is 1. The molecule has 0 unspecified atom stereocenters. The maximum absolute atomic E-state index is 13.6. The molecule has 0 atom stereocenters. The third-order valence-corrected chi connectivity index (χ3v) is 3.60. The minimum Gasteiger partial charge on any atom is -0.403 e. The highest BCUT2D eigenvalue weighted by molar-refractivity contribution is 7.10. The van der Waals surface area contributed by atoms with Crippen LogP contribution in [-0.4, -0.2) is 16.1 Å². The van der Waals surface area contributed by atoms with E-state index in [1.54, 1.807) is 6.08 Å². The maximum Gasteiger partial charge on any atom is 0.322 e. The highest BCUT2D eigenvalue weighted by atomic mass is 32.1. The Morgan fingerprint density at radius 3 is 2.87 bits per heavy atom. The number of hydrogen-bond donors (Lipinski definition) is 1. The minimum atomic E-state index is -0.830. The van der Waals surface area contributed by atoms with Crippen LogP contribution in [-0.2, 0) is 4.79 Å². The number of thiophene rings is 1. The molecule has 3 rings (SSSR count). The number of carbonyl (C=O) groups is 1. The zero-order valence-electron chi connectivity index (χ0n) is 11.5. The van der Waals surface area contributed by atoms with Gasteiger partial charge < -0.3 is 4.42 Å². The van der Waals surface area contributed by atoms with Crippen LogP contribution in [0.2, 0.25) is 0 Å². The molecule has 0 saturated carbocycles. The molecule has 1 N–H and O–H groups in total. The summed E-state index contributed by atoms with van der Waals surface area (Å²) >= 11 is 1.48. The summed E-state index contributed by atoms with van der Waals surface area (Å²) in [6.07, 6.45) is 2.95. The standard InChI is InChI=1S/C15H9F2N3O2S/c16-9-3-5-11(12(17)8-9)14-19-20-15(22-14)18-13(21)6-4-10-2-1-7-23-10/h1-8H,(H,18,20,21). The second-order valence-corrected chi connectivity index (χ2v) is 5.35. The Morgan fingerprint density at radius 1 is 1.26 bits per heavy atom. The van der Waals surface area contributed by atoms with E-state index in [-0.39, 0.29) is 17.5 Å². The van der Waals surface area contributed by atoms with E-state index in [1.807, 2.05) is 17.5 Å². The number of halogens is 2. The summed E-state index contributed by atoms with van der Waals surface area (Å²) in [6, 6.07) is 6.51. The molecule has 5 nitrogen and oxygen atoms in total. The molecule has 0 aliphatic rings. The van der Waals surface area contributed by atoms with Crippen molar-refractivity contribution >= 4 is 29.3 Å². The minimum absolute atomic E-state index is 0.0477. The Morgan fingerprint density at radius 2 is 2.13 bits per heavy atom. The molecule has 2 aromatic heterocycles. The third-order valence-electron chi connectivity index (χ3n) is 2.76. The lowest BCUT2D eigenvalue weighted by molar-refractivity contribution is -0.112. The van der Waals surface area contributed by atoms with Gasteiger partial charge in [-0.05, 0) is 29.7 Å². The predicted octanol–water partition coefficient (Wildman–Crippen LogP) is 3.73. The van der Waals surface area contributed by atoms with Crippen molar-refractivity contribution in [2.24, 2.45) is 0 Å². The smallest absolute Gasteiger partial charge is 0.322 e. The number of nitrogens with zero attached hydrogens (tertiary/aromatic N) is 2. The number of aromatic nitrogens is 2. The van der Waals surface area contributed by atoms with Crippen molar-refractivity contribution in [1.82, 2.24) is 10.2 Å². The maximum atomic E-state index is 13.6. The molecule has 3 aromatic rings. The number of hydrogen-bond acceptors (Lipinski definition) is 5. The topological polar surface area (TPSA) is 68.0 Å². The van der Waals surface area contributed by atoms with Gasteiger partial charge in [-0.3, -0.25) is 10.1 Å². The van der Waals surface area contributed by atoms with Crippen LogP contribution in [0.25, 0.3) is 17.5 Å². The molecular formula is C15H9F2N3O2S. The van der Waals surface area contributed by atoms with E-state index in [9.17, 15) is 13.6 Å². The molecule has 1 aromatic carbocycles. The molecule has 116 valence electrons. The van der Waals surface area contributed by atoms with E-state index in [0.717, 1.165) is 10.9 Å². The largest absolute Gasteiger partial charge is 0.403 e. The quantitative estimate of drug-likeness (QED) is 0.739. The van der Waals surface area contributed by atoms with Crippen molar-refractivity contribution in [3.63, 3.8) is 0 Å². The zero-order chi connectivity index (χ0) is 16.2. The van der Waals surface area contributed by atoms with Crippen molar-refractivity contribution in [2.45, 2.75) is 0 Å². The van der Waals surface area contributed by atoms with E-state index in [0.29, 0.717) is 6.07 Å². The first kappa shape index (κ1) is 15.0. The van der Waals surface area contributed by atoms with Crippen LogP contribution in [0.3, 0.4) is 0 Å². The normalized spacial score (nSPS) is 11.0. The molecule has 23 heavy (non-hydrogen) atoms. The van der Waals surface area contributed by atoms with E-state index in [1.165, 1.54) is 23.5 Å². The summed E-state index contributed by atoms with van der Waals surface area (Å²) in [5.41, 5.74) is -0.0477. The van der Waals surface area contributed by atoms with Gasteiger partial charge in [0.2, 0.25) is 0 Å². The van der Waals surface area contributed by atoms with Crippen LogP contribution in [0.4, 0.5) is 14.8 Å². The summed E-state index contributed by atoms with van der Waals surface area (Å²) in [6.45, 7) is 0. The van der Waals surface area contributed by atoms with E-state index in [4.69, 9.17) is 4.42 Å². The molecule has 2 heterocycles. The Kier molecular flexibility index (Phi) is 4.24. The molecule has 1 amide bonds. The van der Waals surface area contributed by atoms with E-state index in [2.05, 4.69) is 15.5 Å². The van der Waals surface area contributed by atoms with Gasteiger partial charge in [0.15, 0.2) is 0 Å². The fourth-order valence-corrected chi connectivity index (χ4v) is 2.35. The second kappa shape index (κ2) is 6.49. The lowest BCUT2D eigenvalue weighted by Crippen LogP contribution is -2.07. The van der Waals surface area contributed by atoms with Gasteiger partial charge in [0.05, 0.1) is 5.56 Å². The number of rotatable bonds is 4. The van der Waals surface area contributed by atoms with Crippen LogP contribution < -0.4 is 5.32 Å². The monoisotopic (exact) mass is 333 g/mol.